The molecule has 0 radical (unpaired) electrons. The molecule has 0 heterocycles. The molecule has 10 nitrogen and oxygen atoms in total. The van der Waals surface area contributed by atoms with Gasteiger partial charge < -0.3 is 10.2 Å². The Bertz CT molecular complexity index is 1110. The SMILES string of the molecule is CCCNC(=O)[C@@H](CC)N(Cc1ccccc1)C(=O)CN(c1cccc([N+](=O)[O-])c1)S(C)(=O)=O. The monoisotopic (exact) mass is 490 g/mol. The van der Waals surface area contributed by atoms with Gasteiger partial charge >= 0.3 is 0 Å². The van der Waals surface area contributed by atoms with Crippen molar-refractivity contribution in [1.29, 1.82) is 0 Å². The van der Waals surface area contributed by atoms with Crippen LogP contribution in [0.25, 0.3) is 0 Å². The number of nitrogens with one attached hydrogen (secondary N) is 1. The Kier molecular flexibility index (Phi) is 9.55. The molecule has 1 atom stereocenters. The van der Waals surface area contributed by atoms with E-state index in [1.807, 2.05) is 37.3 Å². The highest BCUT2D eigenvalue weighted by atomic mass is 32.2. The molecule has 1 N–H and O–H groups in total. The third kappa shape index (κ3) is 7.27. The first-order valence-corrected chi connectivity index (χ1v) is 12.8. The van der Waals surface area contributed by atoms with Gasteiger partial charge in [0.15, 0.2) is 0 Å². The number of non-ortho nitro benzene ring substituents is 1. The zero-order valence-corrected chi connectivity index (χ0v) is 20.3. The first kappa shape index (κ1) is 26.8. The van der Waals surface area contributed by atoms with Crippen LogP contribution in [0.1, 0.15) is 32.3 Å². The molecule has 0 saturated heterocycles. The van der Waals surface area contributed by atoms with Gasteiger partial charge in [-0.2, -0.15) is 0 Å². The highest BCUT2D eigenvalue weighted by Crippen LogP contribution is 2.24. The van der Waals surface area contributed by atoms with E-state index in [2.05, 4.69) is 5.32 Å². The van der Waals surface area contributed by atoms with Gasteiger partial charge in [0.25, 0.3) is 5.69 Å². The van der Waals surface area contributed by atoms with Crippen LogP contribution < -0.4 is 9.62 Å². The van der Waals surface area contributed by atoms with Crippen LogP contribution in [0.2, 0.25) is 0 Å². The molecular formula is C23H30N4O6S. The molecule has 11 heteroatoms. The number of carbonyl (C=O) groups excluding carboxylic acids is 2. The second-order valence-electron chi connectivity index (χ2n) is 7.77. The smallest absolute Gasteiger partial charge is 0.271 e. The third-order valence-electron chi connectivity index (χ3n) is 5.14. The normalized spacial score (nSPS) is 12.0. The summed E-state index contributed by atoms with van der Waals surface area (Å²) < 4.78 is 25.9. The number of anilines is 1. The Hall–Kier alpha value is -3.47. The average Bonchev–Trinajstić information content (AvgIpc) is 2.80. The van der Waals surface area contributed by atoms with Gasteiger partial charge in [0.05, 0.1) is 16.9 Å². The fourth-order valence-electron chi connectivity index (χ4n) is 3.44. The summed E-state index contributed by atoms with van der Waals surface area (Å²) in [5.74, 6) is -0.922. The van der Waals surface area contributed by atoms with Gasteiger partial charge in [0.2, 0.25) is 21.8 Å². The topological polar surface area (TPSA) is 130 Å². The summed E-state index contributed by atoms with van der Waals surface area (Å²) in [7, 11) is -3.97. The molecule has 2 aromatic carbocycles. The minimum Gasteiger partial charge on any atom is -0.354 e. The number of hydrogen-bond donors (Lipinski definition) is 1. The standard InChI is InChI=1S/C23H30N4O6S/c1-4-14-24-23(29)21(5-2)25(16-18-10-7-6-8-11-18)22(28)17-26(34(3,32)33)19-12-9-13-20(15-19)27(30)31/h6-13,15,21H,4-5,14,16-17H2,1-3H3,(H,24,29)/t21-/m1/s1. The second kappa shape index (κ2) is 12.1. The average molecular weight is 491 g/mol. The van der Waals surface area contributed by atoms with Crippen molar-refractivity contribution in [3.05, 3.63) is 70.3 Å². The van der Waals surface area contributed by atoms with E-state index in [0.29, 0.717) is 13.0 Å². The minimum atomic E-state index is -3.97. The van der Waals surface area contributed by atoms with Gasteiger partial charge in [-0.05, 0) is 24.5 Å². The Labute approximate surface area is 199 Å². The second-order valence-corrected chi connectivity index (χ2v) is 9.68. The highest BCUT2D eigenvalue weighted by molar-refractivity contribution is 7.92. The summed E-state index contributed by atoms with van der Waals surface area (Å²) in [5.41, 5.74) is 0.470. The number of amides is 2. The molecule has 2 rings (SSSR count). The van der Waals surface area contributed by atoms with Crippen LogP contribution in [0.15, 0.2) is 54.6 Å². The molecule has 184 valence electrons. The van der Waals surface area contributed by atoms with Gasteiger partial charge in [-0.1, -0.05) is 50.2 Å². The molecular weight excluding hydrogens is 460 g/mol. The van der Waals surface area contributed by atoms with Crippen molar-refractivity contribution in [3.8, 4) is 0 Å². The van der Waals surface area contributed by atoms with Crippen molar-refractivity contribution in [2.75, 3.05) is 23.7 Å². The van der Waals surface area contributed by atoms with Crippen molar-refractivity contribution in [2.45, 2.75) is 39.3 Å². The fourth-order valence-corrected chi connectivity index (χ4v) is 4.28. The lowest BCUT2D eigenvalue weighted by atomic mass is 10.1. The van der Waals surface area contributed by atoms with E-state index < -0.39 is 33.4 Å². The van der Waals surface area contributed by atoms with Gasteiger partial charge in [0, 0.05) is 25.2 Å². The Morgan fingerprint density at radius 2 is 1.76 bits per heavy atom. The number of sulfonamides is 1. The van der Waals surface area contributed by atoms with E-state index in [1.165, 1.54) is 23.1 Å². The van der Waals surface area contributed by atoms with Crippen LogP contribution in [-0.4, -0.2) is 55.4 Å². The molecule has 0 unspecified atom stereocenters. The van der Waals surface area contributed by atoms with Crippen LogP contribution in [0, 0.1) is 10.1 Å². The first-order valence-electron chi connectivity index (χ1n) is 10.9. The van der Waals surface area contributed by atoms with Crippen LogP contribution in [0.3, 0.4) is 0 Å². The number of hydrogen-bond acceptors (Lipinski definition) is 6. The summed E-state index contributed by atoms with van der Waals surface area (Å²) in [4.78, 5) is 38.2. The van der Waals surface area contributed by atoms with Crippen molar-refractivity contribution in [3.63, 3.8) is 0 Å². The van der Waals surface area contributed by atoms with Crippen molar-refractivity contribution < 1.29 is 22.9 Å². The molecule has 0 saturated carbocycles. The lowest BCUT2D eigenvalue weighted by Gasteiger charge is -2.32. The van der Waals surface area contributed by atoms with Crippen LogP contribution in [-0.2, 0) is 26.2 Å². The van der Waals surface area contributed by atoms with Gasteiger partial charge in [-0.15, -0.1) is 0 Å². The summed E-state index contributed by atoms with van der Waals surface area (Å²) >= 11 is 0. The molecule has 0 aromatic heterocycles. The Morgan fingerprint density at radius 3 is 2.32 bits per heavy atom. The Morgan fingerprint density at radius 1 is 1.09 bits per heavy atom. The third-order valence-corrected chi connectivity index (χ3v) is 6.28. The number of nitrogens with zero attached hydrogens (tertiary/aromatic N) is 3. The highest BCUT2D eigenvalue weighted by Gasteiger charge is 2.31. The summed E-state index contributed by atoms with van der Waals surface area (Å²) in [6.45, 7) is 3.63. The fraction of sp³-hybridized carbons (Fsp3) is 0.391. The number of rotatable bonds is 12. The van der Waals surface area contributed by atoms with Crippen LogP contribution in [0.5, 0.6) is 0 Å². The predicted octanol–water partition coefficient (Wildman–Crippen LogP) is 2.69. The van der Waals surface area contributed by atoms with E-state index in [-0.39, 0.29) is 23.8 Å². The minimum absolute atomic E-state index is 0.00630. The number of nitro groups is 1. The predicted molar refractivity (Wildman–Crippen MR) is 130 cm³/mol. The van der Waals surface area contributed by atoms with E-state index in [1.54, 1.807) is 6.92 Å². The summed E-state index contributed by atoms with van der Waals surface area (Å²) in [5, 5.41) is 14.0. The Balaban J connectivity index is 2.43. The van der Waals surface area contributed by atoms with Gasteiger partial charge in [-0.25, -0.2) is 8.42 Å². The molecule has 2 aromatic rings. The van der Waals surface area contributed by atoms with E-state index >= 15 is 0 Å². The zero-order valence-electron chi connectivity index (χ0n) is 19.5. The molecule has 0 aliphatic rings. The largest absolute Gasteiger partial charge is 0.354 e. The summed E-state index contributed by atoms with van der Waals surface area (Å²) in [6.07, 6.45) is 1.97. The van der Waals surface area contributed by atoms with E-state index in [9.17, 15) is 28.1 Å². The van der Waals surface area contributed by atoms with Crippen molar-refractivity contribution in [2.24, 2.45) is 0 Å². The van der Waals surface area contributed by atoms with Gasteiger partial charge in [-0.3, -0.25) is 24.0 Å². The summed E-state index contributed by atoms with van der Waals surface area (Å²) in [6, 6.07) is 13.3. The first-order chi connectivity index (χ1) is 16.1. The lowest BCUT2D eigenvalue weighted by molar-refractivity contribution is -0.384. The van der Waals surface area contributed by atoms with Crippen molar-refractivity contribution >= 4 is 33.2 Å². The molecule has 0 bridgehead atoms. The molecule has 34 heavy (non-hydrogen) atoms. The van der Waals surface area contributed by atoms with E-state index in [4.69, 9.17) is 0 Å². The maximum absolute atomic E-state index is 13.5. The number of nitro benzene ring substituents is 1. The lowest BCUT2D eigenvalue weighted by Crippen LogP contribution is -2.52. The number of benzene rings is 2. The van der Waals surface area contributed by atoms with Crippen LogP contribution in [0.4, 0.5) is 11.4 Å². The maximum atomic E-state index is 13.5. The van der Waals surface area contributed by atoms with Crippen LogP contribution >= 0.6 is 0 Å². The van der Waals surface area contributed by atoms with Gasteiger partial charge in [0.1, 0.15) is 12.6 Å². The quantitative estimate of drug-likeness (QED) is 0.360. The maximum Gasteiger partial charge on any atom is 0.271 e. The molecule has 0 aliphatic heterocycles. The molecule has 0 aliphatic carbocycles. The van der Waals surface area contributed by atoms with E-state index in [0.717, 1.165) is 28.6 Å². The molecule has 2 amide bonds. The number of carbonyl (C=O) groups is 2. The zero-order chi connectivity index (χ0) is 25.3. The molecule has 0 fully saturated rings. The van der Waals surface area contributed by atoms with Crippen molar-refractivity contribution in [1.82, 2.24) is 10.2 Å². The molecule has 0 spiro atoms.